The SMILES string of the molecule is O=C(NCC1(c2ccccc2)CCCCC1)[C@@H]1CCCN1C(=O)c1ccco1. The average Bonchev–Trinajstić information content (AvgIpc) is 3.45. The molecule has 0 radical (unpaired) electrons. The normalized spacial score (nSPS) is 21.4. The molecule has 5 nitrogen and oxygen atoms in total. The van der Waals surface area contributed by atoms with Gasteiger partial charge in [0.25, 0.3) is 5.91 Å². The first-order valence-electron chi connectivity index (χ1n) is 10.4. The van der Waals surface area contributed by atoms with Crippen LogP contribution in [-0.4, -0.2) is 35.8 Å². The van der Waals surface area contributed by atoms with E-state index in [-0.39, 0.29) is 17.2 Å². The molecule has 1 aliphatic heterocycles. The lowest BCUT2D eigenvalue weighted by atomic mass is 9.69. The number of benzene rings is 1. The number of nitrogens with one attached hydrogen (secondary N) is 1. The minimum atomic E-state index is -0.408. The van der Waals surface area contributed by atoms with Crippen LogP contribution in [0.1, 0.15) is 61.1 Å². The molecule has 0 bridgehead atoms. The van der Waals surface area contributed by atoms with Crippen molar-refractivity contribution in [1.29, 1.82) is 0 Å². The number of hydrogen-bond donors (Lipinski definition) is 1. The summed E-state index contributed by atoms with van der Waals surface area (Å²) in [6.45, 7) is 1.23. The van der Waals surface area contributed by atoms with Crippen molar-refractivity contribution in [2.75, 3.05) is 13.1 Å². The molecule has 0 spiro atoms. The Labute approximate surface area is 166 Å². The molecule has 5 heteroatoms. The molecule has 2 amide bonds. The number of carbonyl (C=O) groups is 2. The van der Waals surface area contributed by atoms with Crippen molar-refractivity contribution >= 4 is 11.8 Å². The van der Waals surface area contributed by atoms with Crippen LogP contribution in [0.3, 0.4) is 0 Å². The molecule has 1 aromatic carbocycles. The Bertz CT molecular complexity index is 795. The first-order valence-corrected chi connectivity index (χ1v) is 10.4. The zero-order valence-corrected chi connectivity index (χ0v) is 16.2. The maximum atomic E-state index is 13.0. The Kier molecular flexibility index (Phi) is 5.51. The highest BCUT2D eigenvalue weighted by atomic mass is 16.3. The smallest absolute Gasteiger partial charge is 0.290 e. The van der Waals surface area contributed by atoms with Crippen LogP contribution in [0.4, 0.5) is 0 Å². The minimum absolute atomic E-state index is 0.00360. The topological polar surface area (TPSA) is 62.6 Å². The predicted molar refractivity (Wildman–Crippen MR) is 107 cm³/mol. The molecule has 148 valence electrons. The Hall–Kier alpha value is -2.56. The van der Waals surface area contributed by atoms with Crippen LogP contribution in [0.5, 0.6) is 0 Å². The van der Waals surface area contributed by atoms with Gasteiger partial charge in [0.1, 0.15) is 6.04 Å². The lowest BCUT2D eigenvalue weighted by Crippen LogP contribution is -2.50. The maximum absolute atomic E-state index is 13.0. The third-order valence-electron chi connectivity index (χ3n) is 6.35. The molecule has 1 saturated heterocycles. The molecule has 1 saturated carbocycles. The van der Waals surface area contributed by atoms with E-state index in [4.69, 9.17) is 4.42 Å². The Balaban J connectivity index is 1.45. The second kappa shape index (κ2) is 8.21. The molecule has 28 heavy (non-hydrogen) atoms. The summed E-state index contributed by atoms with van der Waals surface area (Å²) in [5.41, 5.74) is 1.31. The fraction of sp³-hybridized carbons (Fsp3) is 0.478. The van der Waals surface area contributed by atoms with E-state index in [9.17, 15) is 9.59 Å². The van der Waals surface area contributed by atoms with E-state index >= 15 is 0 Å². The van der Waals surface area contributed by atoms with E-state index in [2.05, 4.69) is 29.6 Å². The summed E-state index contributed by atoms with van der Waals surface area (Å²) in [5, 5.41) is 3.20. The average molecular weight is 380 g/mol. The molecule has 1 aromatic heterocycles. The van der Waals surface area contributed by atoms with Gasteiger partial charge in [-0.25, -0.2) is 0 Å². The number of nitrogens with zero attached hydrogens (tertiary/aromatic N) is 1. The second-order valence-corrected chi connectivity index (χ2v) is 8.06. The first-order chi connectivity index (χ1) is 13.7. The van der Waals surface area contributed by atoms with Gasteiger partial charge in [-0.2, -0.15) is 0 Å². The summed E-state index contributed by atoms with van der Waals surface area (Å²) >= 11 is 0. The maximum Gasteiger partial charge on any atom is 0.290 e. The van der Waals surface area contributed by atoms with E-state index in [1.165, 1.54) is 31.1 Å². The number of amides is 2. The van der Waals surface area contributed by atoms with Gasteiger partial charge in [0.05, 0.1) is 6.26 Å². The number of rotatable bonds is 5. The number of likely N-dealkylation sites (tertiary alicyclic amines) is 1. The lowest BCUT2D eigenvalue weighted by molar-refractivity contribution is -0.125. The van der Waals surface area contributed by atoms with Crippen molar-refractivity contribution in [2.24, 2.45) is 0 Å². The highest BCUT2D eigenvalue weighted by Crippen LogP contribution is 2.39. The third kappa shape index (κ3) is 3.71. The summed E-state index contributed by atoms with van der Waals surface area (Å²) < 4.78 is 5.24. The quantitative estimate of drug-likeness (QED) is 0.856. The van der Waals surface area contributed by atoms with Crippen molar-refractivity contribution in [3.8, 4) is 0 Å². The van der Waals surface area contributed by atoms with Crippen molar-refractivity contribution in [2.45, 2.75) is 56.4 Å². The van der Waals surface area contributed by atoms with Gasteiger partial charge in [-0.15, -0.1) is 0 Å². The molecule has 2 aromatic rings. The third-order valence-corrected chi connectivity index (χ3v) is 6.35. The Morgan fingerprint density at radius 3 is 2.54 bits per heavy atom. The van der Waals surface area contributed by atoms with E-state index in [0.29, 0.717) is 25.3 Å². The summed E-state index contributed by atoms with van der Waals surface area (Å²) in [5.74, 6) is 0.0594. The second-order valence-electron chi connectivity index (χ2n) is 8.06. The first kappa shape index (κ1) is 18.8. The van der Waals surface area contributed by atoms with Crippen molar-refractivity contribution < 1.29 is 14.0 Å². The minimum Gasteiger partial charge on any atom is -0.459 e. The van der Waals surface area contributed by atoms with Crippen LogP contribution >= 0.6 is 0 Å². The summed E-state index contributed by atoms with van der Waals surface area (Å²) in [7, 11) is 0. The number of carbonyl (C=O) groups excluding carboxylic acids is 2. The fourth-order valence-corrected chi connectivity index (χ4v) is 4.79. The molecule has 2 heterocycles. The van der Waals surface area contributed by atoms with Crippen molar-refractivity contribution in [3.05, 3.63) is 60.1 Å². The van der Waals surface area contributed by atoms with E-state index in [1.54, 1.807) is 17.0 Å². The van der Waals surface area contributed by atoms with Crippen LogP contribution in [0, 0.1) is 0 Å². The molecule has 2 aliphatic rings. The van der Waals surface area contributed by atoms with Crippen LogP contribution in [0.15, 0.2) is 53.1 Å². The Morgan fingerprint density at radius 2 is 1.82 bits per heavy atom. The van der Waals surface area contributed by atoms with Gasteiger partial charge in [0.15, 0.2) is 5.76 Å². The van der Waals surface area contributed by atoms with Gasteiger partial charge in [-0.1, -0.05) is 49.6 Å². The van der Waals surface area contributed by atoms with Gasteiger partial charge >= 0.3 is 0 Å². The van der Waals surface area contributed by atoms with Gasteiger partial charge in [-0.05, 0) is 43.4 Å². The summed E-state index contributed by atoms with van der Waals surface area (Å²) in [4.78, 5) is 27.3. The number of furan rings is 1. The van der Waals surface area contributed by atoms with Gasteiger partial charge in [-0.3, -0.25) is 9.59 Å². The van der Waals surface area contributed by atoms with Gasteiger partial charge in [0.2, 0.25) is 5.91 Å². The highest BCUT2D eigenvalue weighted by Gasteiger charge is 2.38. The van der Waals surface area contributed by atoms with Crippen molar-refractivity contribution in [1.82, 2.24) is 10.2 Å². The number of hydrogen-bond acceptors (Lipinski definition) is 3. The van der Waals surface area contributed by atoms with Crippen molar-refractivity contribution in [3.63, 3.8) is 0 Å². The monoisotopic (exact) mass is 380 g/mol. The molecular formula is C23H28N2O3. The molecule has 1 atom stereocenters. The van der Waals surface area contributed by atoms with Gasteiger partial charge < -0.3 is 14.6 Å². The molecule has 0 unspecified atom stereocenters. The molecular weight excluding hydrogens is 352 g/mol. The Morgan fingerprint density at radius 1 is 1.04 bits per heavy atom. The summed E-state index contributed by atoms with van der Waals surface area (Å²) in [6.07, 6.45) is 8.87. The van der Waals surface area contributed by atoms with E-state index in [1.807, 2.05) is 6.07 Å². The zero-order chi connectivity index (χ0) is 19.4. The molecule has 4 rings (SSSR count). The van der Waals surface area contributed by atoms with Crippen LogP contribution in [0.2, 0.25) is 0 Å². The van der Waals surface area contributed by atoms with Crippen LogP contribution in [0.25, 0.3) is 0 Å². The van der Waals surface area contributed by atoms with Gasteiger partial charge in [0, 0.05) is 18.5 Å². The van der Waals surface area contributed by atoms with Crippen LogP contribution in [-0.2, 0) is 10.2 Å². The van der Waals surface area contributed by atoms with E-state index < -0.39 is 6.04 Å². The molecule has 1 aliphatic carbocycles. The standard InChI is InChI=1S/C23H28N2O3/c26-21(19-11-7-15-25(19)22(27)20-12-8-16-28-20)24-17-23(13-5-2-6-14-23)18-9-3-1-4-10-18/h1,3-4,8-10,12,16,19H,2,5-7,11,13-15,17H2,(H,24,26)/t19-/m0/s1. The zero-order valence-electron chi connectivity index (χ0n) is 16.2. The predicted octanol–water partition coefficient (Wildman–Crippen LogP) is 3.90. The molecule has 2 fully saturated rings. The summed E-state index contributed by atoms with van der Waals surface area (Å²) in [6, 6.07) is 13.5. The molecule has 1 N–H and O–H groups in total. The largest absolute Gasteiger partial charge is 0.459 e. The van der Waals surface area contributed by atoms with E-state index in [0.717, 1.165) is 19.3 Å². The lowest BCUT2D eigenvalue weighted by Gasteiger charge is -2.38. The fourth-order valence-electron chi connectivity index (χ4n) is 4.79. The van der Waals surface area contributed by atoms with Crippen LogP contribution < -0.4 is 5.32 Å². The highest BCUT2D eigenvalue weighted by molar-refractivity contribution is 5.96.